The van der Waals surface area contributed by atoms with Gasteiger partial charge >= 0.3 is 51.4 Å². The summed E-state index contributed by atoms with van der Waals surface area (Å²) in [6, 6.07) is 0. The van der Waals surface area contributed by atoms with Crippen LogP contribution in [0.5, 0.6) is 0 Å². The molecule has 2 fully saturated rings. The molecule has 0 aromatic rings. The maximum absolute atomic E-state index is 10.3. The van der Waals surface area contributed by atoms with E-state index in [4.69, 9.17) is 4.74 Å². The smallest absolute Gasteiger partial charge is 0.547 e. The van der Waals surface area contributed by atoms with E-state index in [1.54, 1.807) is 0 Å². The van der Waals surface area contributed by atoms with E-state index in [0.717, 1.165) is 19.3 Å². The minimum absolute atomic E-state index is 0. The third-order valence-electron chi connectivity index (χ3n) is 2.45. The van der Waals surface area contributed by atoms with Crippen LogP contribution in [0.25, 0.3) is 0 Å². The maximum Gasteiger partial charge on any atom is 1.00 e. The summed E-state index contributed by atoms with van der Waals surface area (Å²) in [5.74, 6) is -0.770. The van der Waals surface area contributed by atoms with E-state index in [1.807, 2.05) is 0 Å². The van der Waals surface area contributed by atoms with Gasteiger partial charge in [-0.1, -0.05) is 6.42 Å². The number of ether oxygens (including phenoxy) is 1. The second kappa shape index (κ2) is 3.85. The van der Waals surface area contributed by atoms with Crippen LogP contribution in [0.4, 0.5) is 0 Å². The van der Waals surface area contributed by atoms with Gasteiger partial charge in [0, 0.05) is 5.92 Å². The Morgan fingerprint density at radius 3 is 2.73 bits per heavy atom. The van der Waals surface area contributed by atoms with Crippen molar-refractivity contribution in [3.63, 3.8) is 0 Å². The quantitative estimate of drug-likeness (QED) is 0.390. The number of fused-ring (bicyclic) bond motifs is 1. The third-order valence-corrected chi connectivity index (χ3v) is 2.45. The van der Waals surface area contributed by atoms with Crippen LogP contribution in [-0.2, 0) is 9.53 Å². The summed E-state index contributed by atoms with van der Waals surface area (Å²) < 4.78 is 5.06. The van der Waals surface area contributed by atoms with Gasteiger partial charge in [-0.15, -0.1) is 0 Å². The molecule has 1 aliphatic heterocycles. The molecule has 0 N–H and O–H groups in total. The predicted octanol–water partition coefficient (Wildman–Crippen LogP) is -3.69. The van der Waals surface area contributed by atoms with Crippen molar-refractivity contribution in [3.8, 4) is 0 Å². The summed E-state index contributed by atoms with van der Waals surface area (Å²) in [5.41, 5.74) is 0. The summed E-state index contributed by atoms with van der Waals surface area (Å²) in [6.07, 6.45) is 2.80. The van der Waals surface area contributed by atoms with Crippen molar-refractivity contribution in [2.24, 2.45) is 5.92 Å². The van der Waals surface area contributed by atoms with Gasteiger partial charge in [0.1, 0.15) is 6.10 Å². The van der Waals surface area contributed by atoms with Gasteiger partial charge in [0.25, 0.3) is 0 Å². The van der Waals surface area contributed by atoms with Crippen LogP contribution in [0.1, 0.15) is 19.3 Å². The van der Waals surface area contributed by atoms with E-state index in [-0.39, 0.29) is 63.4 Å². The normalized spacial score (nSPS) is 40.2. The molecule has 1 saturated carbocycles. The number of carbonyl (C=O) groups excluding carboxylic acids is 1. The minimum Gasteiger partial charge on any atom is -0.547 e. The molecule has 1 heterocycles. The van der Waals surface area contributed by atoms with Crippen molar-refractivity contribution < 1.29 is 66.0 Å². The molecule has 1 saturated heterocycles. The molecule has 0 spiro atoms. The molecule has 4 heteroatoms. The summed E-state index contributed by atoms with van der Waals surface area (Å²) in [6.45, 7) is 0. The van der Waals surface area contributed by atoms with Crippen LogP contribution in [0.3, 0.4) is 0 Å². The molecule has 0 bridgehead atoms. The molecular formula is C7H9KO3. The number of hydrogen-bond acceptors (Lipinski definition) is 3. The Hall–Kier alpha value is 1.07. The molecule has 0 radical (unpaired) electrons. The maximum atomic E-state index is 10.3. The monoisotopic (exact) mass is 180 g/mol. The Kier molecular flexibility index (Phi) is 3.55. The Morgan fingerprint density at radius 1 is 1.45 bits per heavy atom. The van der Waals surface area contributed by atoms with E-state index in [1.165, 1.54) is 0 Å². The van der Waals surface area contributed by atoms with Gasteiger partial charge in [-0.2, -0.15) is 0 Å². The average Bonchev–Trinajstić information content (AvgIpc) is 2.11. The number of carbonyl (C=O) groups is 1. The SMILES string of the molecule is O=C([O-])[C@@H]1O[C@@H]2CCC[C@@H]21.[K+]. The standard InChI is InChI=1S/C7H10O3.K/c8-7(9)6-4-2-1-3-5(4)10-6;/h4-6H,1-3H2,(H,8,9);/q;+1/p-1/t4-,5+,6+;/m0./s1. The zero-order valence-electron chi connectivity index (χ0n) is 6.58. The molecule has 0 amide bonds. The van der Waals surface area contributed by atoms with Gasteiger partial charge < -0.3 is 14.6 Å². The first-order valence-corrected chi connectivity index (χ1v) is 3.65. The first kappa shape index (κ1) is 10.1. The molecule has 1 aliphatic carbocycles. The van der Waals surface area contributed by atoms with Crippen LogP contribution in [0, 0.1) is 5.92 Å². The largest absolute Gasteiger partial charge is 1.00 e. The number of carboxylic acids is 1. The zero-order chi connectivity index (χ0) is 7.14. The zero-order valence-corrected chi connectivity index (χ0v) is 9.70. The van der Waals surface area contributed by atoms with Crippen molar-refractivity contribution in [2.75, 3.05) is 0 Å². The van der Waals surface area contributed by atoms with Crippen LogP contribution in [0.2, 0.25) is 0 Å². The minimum atomic E-state index is -1.04. The fourth-order valence-corrected chi connectivity index (χ4v) is 1.90. The molecule has 56 valence electrons. The van der Waals surface area contributed by atoms with Crippen molar-refractivity contribution in [3.05, 3.63) is 0 Å². The van der Waals surface area contributed by atoms with E-state index in [0.29, 0.717) is 0 Å². The number of carboxylic acid groups (broad SMARTS) is 1. The van der Waals surface area contributed by atoms with Gasteiger partial charge in [0.15, 0.2) is 0 Å². The fourth-order valence-electron chi connectivity index (χ4n) is 1.90. The molecule has 3 atom stereocenters. The second-order valence-corrected chi connectivity index (χ2v) is 3.01. The van der Waals surface area contributed by atoms with Crippen LogP contribution < -0.4 is 56.5 Å². The molecule has 0 aromatic heterocycles. The van der Waals surface area contributed by atoms with Crippen molar-refractivity contribution in [1.82, 2.24) is 0 Å². The van der Waals surface area contributed by atoms with Gasteiger partial charge in [-0.3, -0.25) is 0 Å². The van der Waals surface area contributed by atoms with E-state index in [9.17, 15) is 9.90 Å². The molecule has 11 heavy (non-hydrogen) atoms. The first-order chi connectivity index (χ1) is 4.79. The Labute approximate surface area is 108 Å². The Balaban J connectivity index is 0.000000605. The van der Waals surface area contributed by atoms with Gasteiger partial charge in [-0.05, 0) is 12.8 Å². The van der Waals surface area contributed by atoms with Crippen molar-refractivity contribution in [1.29, 1.82) is 0 Å². The van der Waals surface area contributed by atoms with Gasteiger partial charge in [0.05, 0.1) is 12.1 Å². The van der Waals surface area contributed by atoms with E-state index >= 15 is 0 Å². The van der Waals surface area contributed by atoms with Gasteiger partial charge in [0.2, 0.25) is 0 Å². The summed E-state index contributed by atoms with van der Waals surface area (Å²) in [5, 5.41) is 10.3. The molecular weight excluding hydrogens is 171 g/mol. The molecule has 3 nitrogen and oxygen atoms in total. The summed E-state index contributed by atoms with van der Waals surface area (Å²) in [4.78, 5) is 10.3. The molecule has 0 aromatic carbocycles. The van der Waals surface area contributed by atoms with E-state index < -0.39 is 12.1 Å². The van der Waals surface area contributed by atoms with E-state index in [2.05, 4.69) is 0 Å². The molecule has 2 rings (SSSR count). The van der Waals surface area contributed by atoms with Crippen LogP contribution in [0.15, 0.2) is 0 Å². The van der Waals surface area contributed by atoms with Crippen molar-refractivity contribution >= 4 is 5.97 Å². The third kappa shape index (κ3) is 1.71. The second-order valence-electron chi connectivity index (χ2n) is 3.01. The van der Waals surface area contributed by atoms with Crippen molar-refractivity contribution in [2.45, 2.75) is 31.5 Å². The summed E-state index contributed by atoms with van der Waals surface area (Å²) >= 11 is 0. The van der Waals surface area contributed by atoms with Gasteiger partial charge in [-0.25, -0.2) is 0 Å². The number of rotatable bonds is 1. The topological polar surface area (TPSA) is 49.4 Å². The van der Waals surface area contributed by atoms with Crippen LogP contribution in [-0.4, -0.2) is 18.2 Å². The molecule has 0 unspecified atom stereocenters. The predicted molar refractivity (Wildman–Crippen MR) is 31.0 cm³/mol. The number of hydrogen-bond donors (Lipinski definition) is 0. The number of aliphatic carboxylic acids is 1. The van der Waals surface area contributed by atoms with Crippen LogP contribution >= 0.6 is 0 Å². The Morgan fingerprint density at radius 2 is 2.18 bits per heavy atom. The average molecular weight is 180 g/mol. The first-order valence-electron chi connectivity index (χ1n) is 3.65. The molecule has 2 aliphatic rings. The fraction of sp³-hybridized carbons (Fsp3) is 0.857. The summed E-state index contributed by atoms with van der Waals surface area (Å²) in [7, 11) is 0. The Bertz CT molecular complexity index is 171.